The second-order valence-corrected chi connectivity index (χ2v) is 7.64. The molecule has 152 valence electrons. The minimum Gasteiger partial charge on any atom is -0.480 e. The van der Waals surface area contributed by atoms with Crippen molar-refractivity contribution in [2.24, 2.45) is 0 Å². The van der Waals surface area contributed by atoms with Crippen LogP contribution >= 0.6 is 23.1 Å². The quantitative estimate of drug-likeness (QED) is 0.654. The maximum Gasteiger partial charge on any atom is 0.573 e. The van der Waals surface area contributed by atoms with Crippen LogP contribution in [0.25, 0.3) is 10.6 Å². The van der Waals surface area contributed by atoms with E-state index in [1.54, 1.807) is 6.92 Å². The molecule has 28 heavy (non-hydrogen) atoms. The first-order valence-electron chi connectivity index (χ1n) is 7.97. The molecule has 0 saturated heterocycles. The lowest BCUT2D eigenvalue weighted by atomic mass is 10.2. The van der Waals surface area contributed by atoms with Crippen molar-refractivity contribution in [3.8, 4) is 16.3 Å². The van der Waals surface area contributed by atoms with Crippen molar-refractivity contribution in [1.82, 2.24) is 10.3 Å². The Morgan fingerprint density at radius 2 is 1.96 bits per heavy atom. The van der Waals surface area contributed by atoms with Gasteiger partial charge in [0.1, 0.15) is 21.7 Å². The lowest BCUT2D eigenvalue weighted by molar-refractivity contribution is -0.274. The summed E-state index contributed by atoms with van der Waals surface area (Å²) in [5.41, 5.74) is 0.918. The number of carboxylic acids is 1. The number of aromatic nitrogens is 1. The molecule has 0 fully saturated rings. The van der Waals surface area contributed by atoms with E-state index in [2.05, 4.69) is 15.0 Å². The third kappa shape index (κ3) is 6.13. The second-order valence-electron chi connectivity index (χ2n) is 5.65. The summed E-state index contributed by atoms with van der Waals surface area (Å²) in [6.45, 7) is 1.60. The molecular formula is C17H17F3N2O4S2. The van der Waals surface area contributed by atoms with Gasteiger partial charge in [-0.05, 0) is 49.6 Å². The number of alkyl halides is 3. The molecule has 0 saturated carbocycles. The molecule has 0 bridgehead atoms. The first kappa shape index (κ1) is 22.0. The number of halogens is 3. The Hall–Kier alpha value is -2.27. The Morgan fingerprint density at radius 3 is 2.50 bits per heavy atom. The van der Waals surface area contributed by atoms with Crippen molar-refractivity contribution in [1.29, 1.82) is 0 Å². The van der Waals surface area contributed by atoms with Gasteiger partial charge in [-0.25, -0.2) is 9.78 Å². The van der Waals surface area contributed by atoms with Gasteiger partial charge in [0.2, 0.25) is 0 Å². The highest BCUT2D eigenvalue weighted by Gasteiger charge is 2.31. The van der Waals surface area contributed by atoms with E-state index in [0.29, 0.717) is 22.0 Å². The number of rotatable bonds is 8. The molecule has 1 aromatic carbocycles. The van der Waals surface area contributed by atoms with Gasteiger partial charge in [0, 0.05) is 5.56 Å². The molecular weight excluding hydrogens is 417 g/mol. The number of aliphatic carboxylic acids is 1. The fourth-order valence-corrected chi connectivity index (χ4v) is 3.69. The number of ether oxygens (including phenoxy) is 1. The minimum absolute atomic E-state index is 0.251. The number of aryl methyl sites for hydroxylation is 1. The van der Waals surface area contributed by atoms with Gasteiger partial charge in [-0.2, -0.15) is 11.8 Å². The van der Waals surface area contributed by atoms with E-state index in [9.17, 15) is 27.9 Å². The van der Waals surface area contributed by atoms with E-state index in [0.717, 1.165) is 23.5 Å². The van der Waals surface area contributed by atoms with Gasteiger partial charge in [0.05, 0.1) is 5.69 Å². The van der Waals surface area contributed by atoms with Crippen LogP contribution < -0.4 is 10.1 Å². The van der Waals surface area contributed by atoms with Crippen LogP contribution in [0.1, 0.15) is 21.8 Å². The van der Waals surface area contributed by atoms with Gasteiger partial charge in [0.15, 0.2) is 0 Å². The first-order valence-corrected chi connectivity index (χ1v) is 10.2. The summed E-state index contributed by atoms with van der Waals surface area (Å²) in [7, 11) is 0. The maximum absolute atomic E-state index is 12.4. The lowest BCUT2D eigenvalue weighted by Crippen LogP contribution is -2.41. The molecule has 2 rings (SSSR count). The predicted molar refractivity (Wildman–Crippen MR) is 101 cm³/mol. The van der Waals surface area contributed by atoms with Crippen LogP contribution in [0, 0.1) is 6.92 Å². The van der Waals surface area contributed by atoms with Gasteiger partial charge < -0.3 is 15.2 Å². The van der Waals surface area contributed by atoms with Crippen molar-refractivity contribution in [2.75, 3.05) is 12.0 Å². The van der Waals surface area contributed by atoms with E-state index in [1.165, 1.54) is 23.9 Å². The number of carbonyl (C=O) groups excluding carboxylic acids is 1. The molecule has 2 aromatic rings. The van der Waals surface area contributed by atoms with Crippen molar-refractivity contribution >= 4 is 35.0 Å². The molecule has 2 N–H and O–H groups in total. The molecule has 1 unspecified atom stereocenters. The molecule has 0 aliphatic rings. The molecule has 1 heterocycles. The first-order chi connectivity index (χ1) is 13.1. The maximum atomic E-state index is 12.4. The fourth-order valence-electron chi connectivity index (χ4n) is 2.25. The monoisotopic (exact) mass is 434 g/mol. The SMILES string of the molecule is CSCCC(NC(=O)c1sc(-c2ccc(OC(F)(F)F)cc2)nc1C)C(=O)O. The zero-order chi connectivity index (χ0) is 20.9. The number of carboxylic acid groups (broad SMARTS) is 1. The van der Waals surface area contributed by atoms with E-state index in [4.69, 9.17) is 0 Å². The van der Waals surface area contributed by atoms with Crippen molar-refractivity contribution in [3.05, 3.63) is 34.8 Å². The number of nitrogens with one attached hydrogen (secondary N) is 1. The van der Waals surface area contributed by atoms with Gasteiger partial charge in [-0.15, -0.1) is 24.5 Å². The Labute approximate surface area is 167 Å². The lowest BCUT2D eigenvalue weighted by Gasteiger charge is -2.13. The summed E-state index contributed by atoms with van der Waals surface area (Å²) in [6.07, 6.45) is -2.65. The molecule has 1 atom stereocenters. The van der Waals surface area contributed by atoms with Crippen molar-refractivity contribution in [2.45, 2.75) is 25.7 Å². The second kappa shape index (κ2) is 9.28. The number of amides is 1. The number of nitrogens with zero attached hydrogens (tertiary/aromatic N) is 1. The molecule has 0 aliphatic carbocycles. The average molecular weight is 434 g/mol. The number of hydrogen-bond acceptors (Lipinski definition) is 6. The van der Waals surface area contributed by atoms with Crippen LogP contribution in [-0.4, -0.2) is 46.4 Å². The summed E-state index contributed by atoms with van der Waals surface area (Å²) < 4.78 is 40.5. The highest BCUT2D eigenvalue weighted by molar-refractivity contribution is 7.98. The molecule has 1 amide bonds. The standard InChI is InChI=1S/C17H17F3N2O4S2/c1-9-13(14(23)22-12(16(24)25)7-8-27-2)28-15(21-9)10-3-5-11(6-4-10)26-17(18,19)20/h3-6,12H,7-8H2,1-2H3,(H,22,23)(H,24,25). The van der Waals surface area contributed by atoms with Gasteiger partial charge in [-0.3, -0.25) is 4.79 Å². The third-order valence-electron chi connectivity index (χ3n) is 3.55. The Kier molecular flexibility index (Phi) is 7.30. The average Bonchev–Trinajstić information content (AvgIpc) is 2.99. The van der Waals surface area contributed by atoms with Crippen LogP contribution in [0.3, 0.4) is 0 Å². The summed E-state index contributed by atoms with van der Waals surface area (Å²) in [4.78, 5) is 28.2. The van der Waals surface area contributed by atoms with Crippen molar-refractivity contribution in [3.63, 3.8) is 0 Å². The number of carbonyl (C=O) groups is 2. The highest BCUT2D eigenvalue weighted by Crippen LogP contribution is 2.30. The van der Waals surface area contributed by atoms with Crippen molar-refractivity contribution < 1.29 is 32.6 Å². The van der Waals surface area contributed by atoms with Gasteiger partial charge >= 0.3 is 12.3 Å². The molecule has 0 radical (unpaired) electrons. The smallest absolute Gasteiger partial charge is 0.480 e. The largest absolute Gasteiger partial charge is 0.573 e. The van der Waals surface area contributed by atoms with Crippen LogP contribution in [0.2, 0.25) is 0 Å². The molecule has 6 nitrogen and oxygen atoms in total. The van der Waals surface area contributed by atoms with E-state index < -0.39 is 24.3 Å². The van der Waals surface area contributed by atoms with E-state index >= 15 is 0 Å². The number of thiazole rings is 1. The number of thioether (sulfide) groups is 1. The van der Waals surface area contributed by atoms with Crippen LogP contribution in [0.4, 0.5) is 13.2 Å². The Balaban J connectivity index is 2.15. The molecule has 0 aliphatic heterocycles. The Morgan fingerprint density at radius 1 is 1.32 bits per heavy atom. The molecule has 11 heteroatoms. The van der Waals surface area contributed by atoms with Crippen LogP contribution in [-0.2, 0) is 4.79 Å². The minimum atomic E-state index is -4.78. The van der Waals surface area contributed by atoms with E-state index in [-0.39, 0.29) is 17.0 Å². The predicted octanol–water partition coefficient (Wildman–Crippen LogP) is 3.95. The third-order valence-corrected chi connectivity index (χ3v) is 5.40. The normalized spacial score (nSPS) is 12.5. The fraction of sp³-hybridized carbons (Fsp3) is 0.353. The zero-order valence-corrected chi connectivity index (χ0v) is 16.5. The number of benzene rings is 1. The highest BCUT2D eigenvalue weighted by atomic mass is 32.2. The zero-order valence-electron chi connectivity index (χ0n) is 14.9. The summed E-state index contributed by atoms with van der Waals surface area (Å²) in [6, 6.07) is 4.10. The molecule has 1 aromatic heterocycles. The summed E-state index contributed by atoms with van der Waals surface area (Å²) in [5.74, 6) is -1.45. The van der Waals surface area contributed by atoms with Crippen LogP contribution in [0.5, 0.6) is 5.75 Å². The summed E-state index contributed by atoms with van der Waals surface area (Å²) >= 11 is 2.51. The Bertz CT molecular complexity index is 838. The topological polar surface area (TPSA) is 88.5 Å². The van der Waals surface area contributed by atoms with Gasteiger partial charge in [0.25, 0.3) is 5.91 Å². The molecule has 0 spiro atoms. The van der Waals surface area contributed by atoms with E-state index in [1.807, 2.05) is 6.26 Å². The van der Waals surface area contributed by atoms with Gasteiger partial charge in [-0.1, -0.05) is 0 Å². The summed E-state index contributed by atoms with van der Waals surface area (Å²) in [5, 5.41) is 12.1. The van der Waals surface area contributed by atoms with Crippen LogP contribution in [0.15, 0.2) is 24.3 Å². The number of hydrogen-bond donors (Lipinski definition) is 2.